The largest absolute Gasteiger partial charge is 0.424 e. The van der Waals surface area contributed by atoms with Gasteiger partial charge >= 0.3 is 6.01 Å². The molecule has 0 atom stereocenters. The van der Waals surface area contributed by atoms with Crippen molar-refractivity contribution < 1.29 is 9.84 Å². The number of benzene rings is 1. The van der Waals surface area contributed by atoms with E-state index in [9.17, 15) is 0 Å². The number of aliphatic hydroxyl groups excluding tert-OH is 1. The minimum atomic E-state index is -0.140. The molecule has 0 amide bonds. The summed E-state index contributed by atoms with van der Waals surface area (Å²) in [5, 5.41) is 9.75. The molecule has 0 unspecified atom stereocenters. The lowest BCUT2D eigenvalue weighted by Gasteiger charge is -2.07. The second kappa shape index (κ2) is 5.33. The fourth-order valence-electron chi connectivity index (χ4n) is 1.52. The molecular formula is C13H13ClN2O2. The second-order valence-electron chi connectivity index (χ2n) is 3.95. The van der Waals surface area contributed by atoms with Crippen LogP contribution < -0.4 is 4.74 Å². The Bertz CT molecular complexity index is 573. The first-order valence-corrected chi connectivity index (χ1v) is 5.85. The fraction of sp³-hybridized carbons (Fsp3) is 0.231. The Hall–Kier alpha value is -1.65. The molecule has 1 aromatic carbocycles. The van der Waals surface area contributed by atoms with E-state index in [0.29, 0.717) is 16.5 Å². The summed E-state index contributed by atoms with van der Waals surface area (Å²) in [7, 11) is 0. The van der Waals surface area contributed by atoms with Crippen LogP contribution in [0.1, 0.15) is 17.0 Å². The van der Waals surface area contributed by atoms with E-state index in [4.69, 9.17) is 21.4 Å². The summed E-state index contributed by atoms with van der Waals surface area (Å²) in [6, 6.07) is 7.25. The summed E-state index contributed by atoms with van der Waals surface area (Å²) < 4.78 is 5.55. The zero-order valence-corrected chi connectivity index (χ0v) is 10.9. The normalized spacial score (nSPS) is 10.4. The maximum atomic E-state index is 9.07. The summed E-state index contributed by atoms with van der Waals surface area (Å²) in [5.41, 5.74) is 2.20. The average molecular weight is 265 g/mol. The van der Waals surface area contributed by atoms with Crippen LogP contribution in [-0.2, 0) is 6.61 Å². The highest BCUT2D eigenvalue weighted by molar-refractivity contribution is 6.31. The quantitative estimate of drug-likeness (QED) is 0.926. The Balaban J connectivity index is 2.27. The van der Waals surface area contributed by atoms with E-state index >= 15 is 0 Å². The SMILES string of the molecule is Cc1cc(CO)nc(Oc2ccc(Cl)c(C)c2)n1. The van der Waals surface area contributed by atoms with Gasteiger partial charge in [0, 0.05) is 10.7 Å². The predicted octanol–water partition coefficient (Wildman–Crippen LogP) is 3.03. The van der Waals surface area contributed by atoms with Crippen LogP contribution in [0, 0.1) is 13.8 Å². The average Bonchev–Trinajstić information content (AvgIpc) is 2.33. The van der Waals surface area contributed by atoms with E-state index < -0.39 is 0 Å². The van der Waals surface area contributed by atoms with Gasteiger partial charge in [0.05, 0.1) is 12.3 Å². The molecule has 94 valence electrons. The number of aromatic nitrogens is 2. The first-order chi connectivity index (χ1) is 8.58. The van der Waals surface area contributed by atoms with Gasteiger partial charge in [-0.2, -0.15) is 4.98 Å². The van der Waals surface area contributed by atoms with E-state index in [1.54, 1.807) is 18.2 Å². The van der Waals surface area contributed by atoms with E-state index in [-0.39, 0.29) is 12.6 Å². The van der Waals surface area contributed by atoms with Crippen molar-refractivity contribution in [3.8, 4) is 11.8 Å². The first-order valence-electron chi connectivity index (χ1n) is 5.48. The molecule has 0 bridgehead atoms. The highest BCUT2D eigenvalue weighted by Gasteiger charge is 2.05. The van der Waals surface area contributed by atoms with Crippen LogP contribution in [0.2, 0.25) is 5.02 Å². The molecule has 1 aromatic heterocycles. The minimum absolute atomic E-state index is 0.140. The molecule has 0 aliphatic rings. The Morgan fingerprint density at radius 1 is 1.22 bits per heavy atom. The minimum Gasteiger partial charge on any atom is -0.424 e. The maximum Gasteiger partial charge on any atom is 0.322 e. The number of halogens is 1. The van der Waals surface area contributed by atoms with Gasteiger partial charge in [-0.1, -0.05) is 11.6 Å². The summed E-state index contributed by atoms with van der Waals surface area (Å²) >= 11 is 5.94. The fourth-order valence-corrected chi connectivity index (χ4v) is 1.63. The molecule has 0 aliphatic carbocycles. The standard InChI is InChI=1S/C13H13ClN2O2/c1-8-5-11(3-4-12(8)14)18-13-15-9(2)6-10(7-17)16-13/h3-6,17H,7H2,1-2H3. The molecule has 4 nitrogen and oxygen atoms in total. The lowest BCUT2D eigenvalue weighted by atomic mass is 10.2. The molecular weight excluding hydrogens is 252 g/mol. The van der Waals surface area contributed by atoms with Crippen LogP contribution in [0.4, 0.5) is 0 Å². The van der Waals surface area contributed by atoms with Crippen LogP contribution in [0.25, 0.3) is 0 Å². The van der Waals surface area contributed by atoms with Crippen molar-refractivity contribution in [2.24, 2.45) is 0 Å². The van der Waals surface area contributed by atoms with Gasteiger partial charge in [0.15, 0.2) is 0 Å². The van der Waals surface area contributed by atoms with Crippen molar-refractivity contribution in [1.82, 2.24) is 9.97 Å². The molecule has 0 radical (unpaired) electrons. The Morgan fingerprint density at radius 2 is 2.00 bits per heavy atom. The zero-order chi connectivity index (χ0) is 13.1. The molecule has 0 saturated carbocycles. The second-order valence-corrected chi connectivity index (χ2v) is 4.36. The van der Waals surface area contributed by atoms with Gasteiger partial charge < -0.3 is 9.84 Å². The topological polar surface area (TPSA) is 55.2 Å². The van der Waals surface area contributed by atoms with Crippen molar-refractivity contribution in [3.63, 3.8) is 0 Å². The van der Waals surface area contributed by atoms with Gasteiger partial charge in [0.2, 0.25) is 0 Å². The van der Waals surface area contributed by atoms with E-state index in [2.05, 4.69) is 9.97 Å². The van der Waals surface area contributed by atoms with Crippen molar-refractivity contribution in [2.45, 2.75) is 20.5 Å². The van der Waals surface area contributed by atoms with Gasteiger partial charge in [-0.15, -0.1) is 0 Å². The monoisotopic (exact) mass is 264 g/mol. The number of rotatable bonds is 3. The molecule has 0 saturated heterocycles. The Kier molecular flexibility index (Phi) is 3.79. The van der Waals surface area contributed by atoms with Crippen molar-refractivity contribution in [3.05, 3.63) is 46.2 Å². The van der Waals surface area contributed by atoms with Crippen LogP contribution >= 0.6 is 11.6 Å². The number of nitrogens with zero attached hydrogens (tertiary/aromatic N) is 2. The molecule has 2 aromatic rings. The predicted molar refractivity (Wildman–Crippen MR) is 69.0 cm³/mol. The first kappa shape index (κ1) is 12.8. The third-order valence-electron chi connectivity index (χ3n) is 2.39. The van der Waals surface area contributed by atoms with Crippen LogP contribution in [0.15, 0.2) is 24.3 Å². The lowest BCUT2D eigenvalue weighted by molar-refractivity contribution is 0.274. The molecule has 1 N–H and O–H groups in total. The van der Waals surface area contributed by atoms with E-state index in [1.807, 2.05) is 19.9 Å². The smallest absolute Gasteiger partial charge is 0.322 e. The molecule has 0 aliphatic heterocycles. The van der Waals surface area contributed by atoms with Crippen LogP contribution in [0.5, 0.6) is 11.8 Å². The van der Waals surface area contributed by atoms with Gasteiger partial charge in [0.1, 0.15) is 5.75 Å². The third kappa shape index (κ3) is 2.97. The van der Waals surface area contributed by atoms with E-state index in [0.717, 1.165) is 11.3 Å². The van der Waals surface area contributed by atoms with Crippen molar-refractivity contribution in [1.29, 1.82) is 0 Å². The van der Waals surface area contributed by atoms with Crippen LogP contribution in [-0.4, -0.2) is 15.1 Å². The summed E-state index contributed by atoms with van der Waals surface area (Å²) in [5.74, 6) is 0.617. The molecule has 0 spiro atoms. The Morgan fingerprint density at radius 3 is 2.67 bits per heavy atom. The maximum absolute atomic E-state index is 9.07. The van der Waals surface area contributed by atoms with Gasteiger partial charge in [-0.25, -0.2) is 4.98 Å². The van der Waals surface area contributed by atoms with Gasteiger partial charge in [-0.05, 0) is 43.7 Å². The number of hydrogen-bond acceptors (Lipinski definition) is 4. The van der Waals surface area contributed by atoms with Crippen molar-refractivity contribution >= 4 is 11.6 Å². The summed E-state index contributed by atoms with van der Waals surface area (Å²) in [4.78, 5) is 8.23. The molecule has 0 fully saturated rings. The number of aliphatic hydroxyl groups is 1. The number of hydrogen-bond donors (Lipinski definition) is 1. The lowest BCUT2D eigenvalue weighted by Crippen LogP contribution is -1.98. The number of aryl methyl sites for hydroxylation is 2. The summed E-state index contributed by atoms with van der Waals surface area (Å²) in [6.45, 7) is 3.58. The zero-order valence-electron chi connectivity index (χ0n) is 10.1. The van der Waals surface area contributed by atoms with Crippen molar-refractivity contribution in [2.75, 3.05) is 0 Å². The molecule has 5 heteroatoms. The molecule has 2 rings (SSSR count). The highest BCUT2D eigenvalue weighted by Crippen LogP contribution is 2.24. The highest BCUT2D eigenvalue weighted by atomic mass is 35.5. The Labute approximate surface area is 110 Å². The van der Waals surface area contributed by atoms with Crippen LogP contribution in [0.3, 0.4) is 0 Å². The number of ether oxygens (including phenoxy) is 1. The van der Waals surface area contributed by atoms with Gasteiger partial charge in [-0.3, -0.25) is 0 Å². The molecule has 1 heterocycles. The third-order valence-corrected chi connectivity index (χ3v) is 2.81. The van der Waals surface area contributed by atoms with Gasteiger partial charge in [0.25, 0.3) is 0 Å². The summed E-state index contributed by atoms with van der Waals surface area (Å²) in [6.07, 6.45) is 0. The van der Waals surface area contributed by atoms with E-state index in [1.165, 1.54) is 0 Å². The molecule has 18 heavy (non-hydrogen) atoms.